The second-order valence-electron chi connectivity index (χ2n) is 5.89. The lowest BCUT2D eigenvalue weighted by atomic mass is 9.56. The zero-order valence-electron chi connectivity index (χ0n) is 10.4. The van der Waals surface area contributed by atoms with Crippen LogP contribution in [0.25, 0.3) is 0 Å². The maximum atomic E-state index is 9.55. The van der Waals surface area contributed by atoms with E-state index in [4.69, 9.17) is 10.2 Å². The summed E-state index contributed by atoms with van der Waals surface area (Å²) < 4.78 is 0. The molecule has 0 aromatic rings. The maximum absolute atomic E-state index is 9.55. The predicted molar refractivity (Wildman–Crippen MR) is 66.1 cm³/mol. The molecule has 100 valence electrons. The van der Waals surface area contributed by atoms with Gasteiger partial charge in [-0.25, -0.2) is 9.59 Å². The van der Waals surface area contributed by atoms with Crippen LogP contribution in [0.3, 0.4) is 0 Å². The molecule has 4 aliphatic carbocycles. The smallest absolute Gasteiger partial charge is 0.328 e. The molecular formula is C14H20O4. The highest BCUT2D eigenvalue weighted by atomic mass is 16.4. The monoisotopic (exact) mass is 252 g/mol. The average molecular weight is 252 g/mol. The van der Waals surface area contributed by atoms with Crippen molar-refractivity contribution in [2.24, 2.45) is 23.7 Å². The van der Waals surface area contributed by atoms with Crippen LogP contribution in [0.1, 0.15) is 38.5 Å². The molecule has 0 saturated heterocycles. The van der Waals surface area contributed by atoms with Crippen molar-refractivity contribution < 1.29 is 19.8 Å². The number of hydrogen-bond acceptors (Lipinski definition) is 2. The Morgan fingerprint density at radius 1 is 0.667 bits per heavy atom. The van der Waals surface area contributed by atoms with Crippen molar-refractivity contribution in [2.45, 2.75) is 38.5 Å². The van der Waals surface area contributed by atoms with E-state index in [1.807, 2.05) is 0 Å². The molecule has 4 fully saturated rings. The molecular weight excluding hydrogens is 232 g/mol. The van der Waals surface area contributed by atoms with Crippen LogP contribution >= 0.6 is 0 Å². The van der Waals surface area contributed by atoms with Crippen LogP contribution in [0.5, 0.6) is 0 Å². The van der Waals surface area contributed by atoms with Crippen LogP contribution in [0.15, 0.2) is 12.2 Å². The lowest BCUT2D eigenvalue weighted by Crippen LogP contribution is -2.38. The molecule has 4 nitrogen and oxygen atoms in total. The number of carboxylic acid groups (broad SMARTS) is 2. The summed E-state index contributed by atoms with van der Waals surface area (Å²) in [5.74, 6) is 2.19. The Hall–Kier alpha value is -1.32. The molecule has 4 aliphatic rings. The summed E-state index contributed by atoms with van der Waals surface area (Å²) in [7, 11) is 0. The number of aliphatic carboxylic acids is 2. The predicted octanol–water partition coefficient (Wildman–Crippen LogP) is 2.54. The Labute approximate surface area is 107 Å². The van der Waals surface area contributed by atoms with E-state index in [9.17, 15) is 9.59 Å². The van der Waals surface area contributed by atoms with Crippen LogP contribution in [0.4, 0.5) is 0 Å². The molecule has 0 atom stereocenters. The molecule has 0 aliphatic heterocycles. The fourth-order valence-electron chi connectivity index (χ4n) is 4.13. The summed E-state index contributed by atoms with van der Waals surface area (Å²) in [6, 6.07) is 0. The van der Waals surface area contributed by atoms with Gasteiger partial charge in [-0.2, -0.15) is 0 Å². The van der Waals surface area contributed by atoms with E-state index in [1.165, 1.54) is 23.7 Å². The van der Waals surface area contributed by atoms with Gasteiger partial charge >= 0.3 is 11.9 Å². The quantitative estimate of drug-likeness (QED) is 0.741. The van der Waals surface area contributed by atoms with Gasteiger partial charge in [0.25, 0.3) is 0 Å². The van der Waals surface area contributed by atoms with Crippen LogP contribution < -0.4 is 0 Å². The van der Waals surface area contributed by atoms with E-state index in [0.717, 1.165) is 0 Å². The van der Waals surface area contributed by atoms with Crippen LogP contribution in [0.2, 0.25) is 0 Å². The minimum atomic E-state index is -1.26. The molecule has 0 aromatic carbocycles. The lowest BCUT2D eigenvalue weighted by molar-refractivity contribution is -0.134. The SMILES string of the molecule is C1C2CC3CC1CC(C2)C3.O=C(O)C=CC(=O)O. The molecule has 0 spiro atoms. The molecule has 0 radical (unpaired) electrons. The van der Waals surface area contributed by atoms with Gasteiger partial charge in [0.2, 0.25) is 0 Å². The Balaban J connectivity index is 0.000000139. The maximum Gasteiger partial charge on any atom is 0.328 e. The van der Waals surface area contributed by atoms with Gasteiger partial charge < -0.3 is 10.2 Å². The molecule has 0 amide bonds. The van der Waals surface area contributed by atoms with Crippen molar-refractivity contribution >= 4 is 11.9 Å². The highest BCUT2D eigenvalue weighted by Crippen LogP contribution is 2.53. The third-order valence-electron chi connectivity index (χ3n) is 4.37. The van der Waals surface area contributed by atoms with Crippen molar-refractivity contribution in [3.05, 3.63) is 12.2 Å². The van der Waals surface area contributed by atoms with Crippen LogP contribution in [-0.4, -0.2) is 22.2 Å². The summed E-state index contributed by atoms with van der Waals surface area (Å²) in [5, 5.41) is 15.6. The van der Waals surface area contributed by atoms with Crippen LogP contribution in [-0.2, 0) is 9.59 Å². The minimum Gasteiger partial charge on any atom is -0.478 e. The minimum absolute atomic E-state index is 0.558. The van der Waals surface area contributed by atoms with Gasteiger partial charge in [-0.05, 0) is 62.2 Å². The third-order valence-corrected chi connectivity index (χ3v) is 4.37. The first-order valence-electron chi connectivity index (χ1n) is 6.67. The molecule has 4 bridgehead atoms. The van der Waals surface area contributed by atoms with Gasteiger partial charge in [0.1, 0.15) is 0 Å². The Morgan fingerprint density at radius 2 is 0.889 bits per heavy atom. The first-order valence-corrected chi connectivity index (χ1v) is 6.67. The number of carbonyl (C=O) groups is 2. The molecule has 4 rings (SSSR count). The Bertz CT molecular complexity index is 286. The van der Waals surface area contributed by atoms with Crippen molar-refractivity contribution in [3.63, 3.8) is 0 Å². The highest BCUT2D eigenvalue weighted by molar-refractivity contribution is 5.89. The van der Waals surface area contributed by atoms with Crippen molar-refractivity contribution in [2.75, 3.05) is 0 Å². The fraction of sp³-hybridized carbons (Fsp3) is 0.714. The number of hydrogen-bond donors (Lipinski definition) is 2. The second-order valence-corrected chi connectivity index (χ2v) is 5.89. The molecule has 4 saturated carbocycles. The summed E-state index contributed by atoms with van der Waals surface area (Å²) in [4.78, 5) is 19.1. The average Bonchev–Trinajstić information content (AvgIpc) is 2.25. The zero-order chi connectivity index (χ0) is 13.1. The summed E-state index contributed by atoms with van der Waals surface area (Å²) >= 11 is 0. The number of rotatable bonds is 2. The van der Waals surface area contributed by atoms with Gasteiger partial charge in [-0.15, -0.1) is 0 Å². The van der Waals surface area contributed by atoms with E-state index in [1.54, 1.807) is 38.5 Å². The molecule has 2 N–H and O–H groups in total. The van der Waals surface area contributed by atoms with E-state index >= 15 is 0 Å². The largest absolute Gasteiger partial charge is 0.478 e. The first kappa shape index (κ1) is 13.1. The Morgan fingerprint density at radius 3 is 1.06 bits per heavy atom. The van der Waals surface area contributed by atoms with Gasteiger partial charge in [0, 0.05) is 12.2 Å². The van der Waals surface area contributed by atoms with E-state index < -0.39 is 11.9 Å². The second kappa shape index (κ2) is 5.55. The van der Waals surface area contributed by atoms with Gasteiger partial charge in [0.05, 0.1) is 0 Å². The number of carboxylic acids is 2. The fourth-order valence-corrected chi connectivity index (χ4v) is 4.13. The molecule has 0 aromatic heterocycles. The van der Waals surface area contributed by atoms with Gasteiger partial charge in [0.15, 0.2) is 0 Å². The van der Waals surface area contributed by atoms with E-state index in [2.05, 4.69) is 0 Å². The summed E-state index contributed by atoms with van der Waals surface area (Å²) in [6.07, 6.45) is 10.7. The van der Waals surface area contributed by atoms with E-state index in [-0.39, 0.29) is 0 Å². The van der Waals surface area contributed by atoms with Crippen molar-refractivity contribution in [3.8, 4) is 0 Å². The Kier molecular flexibility index (Phi) is 4.04. The first-order chi connectivity index (χ1) is 8.52. The molecule has 0 heterocycles. The van der Waals surface area contributed by atoms with E-state index in [0.29, 0.717) is 12.2 Å². The normalized spacial score (nSPS) is 36.2. The lowest BCUT2D eigenvalue weighted by Gasteiger charge is -2.49. The van der Waals surface area contributed by atoms with Gasteiger partial charge in [-0.3, -0.25) is 0 Å². The highest BCUT2D eigenvalue weighted by Gasteiger charge is 2.41. The molecule has 18 heavy (non-hydrogen) atoms. The molecule has 4 heteroatoms. The summed E-state index contributed by atoms with van der Waals surface area (Å²) in [6.45, 7) is 0. The summed E-state index contributed by atoms with van der Waals surface area (Å²) in [5.41, 5.74) is 0. The van der Waals surface area contributed by atoms with Crippen molar-refractivity contribution in [1.29, 1.82) is 0 Å². The van der Waals surface area contributed by atoms with Crippen LogP contribution in [0, 0.1) is 23.7 Å². The standard InChI is InChI=1S/C10H16.C4H4O4/c1-7-2-9-4-8(1)5-10(3-7)6-9;5-3(6)1-2-4(7)8/h7-10H,1-6H2;1-2H,(H,5,6)(H,7,8). The third kappa shape index (κ3) is 3.59. The van der Waals surface area contributed by atoms with Crippen molar-refractivity contribution in [1.82, 2.24) is 0 Å². The zero-order valence-corrected chi connectivity index (χ0v) is 10.4. The molecule has 0 unspecified atom stereocenters. The van der Waals surface area contributed by atoms with Gasteiger partial charge in [-0.1, -0.05) is 0 Å². The topological polar surface area (TPSA) is 74.6 Å².